The lowest BCUT2D eigenvalue weighted by atomic mass is 10.0. The summed E-state index contributed by atoms with van der Waals surface area (Å²) in [6.45, 7) is 4.12. The van der Waals surface area contributed by atoms with Crippen LogP contribution in [0.2, 0.25) is 5.02 Å². The van der Waals surface area contributed by atoms with Crippen LogP contribution in [0.15, 0.2) is 34.4 Å². The highest BCUT2D eigenvalue weighted by Gasteiger charge is 2.24. The molecule has 3 aromatic rings. The molecule has 0 amide bonds. The summed E-state index contributed by atoms with van der Waals surface area (Å²) in [5.74, 6) is 0.904. The minimum absolute atomic E-state index is 0.104. The Morgan fingerprint density at radius 2 is 1.92 bits per heavy atom. The zero-order valence-corrected chi connectivity index (χ0v) is 16.6. The van der Waals surface area contributed by atoms with Gasteiger partial charge in [0, 0.05) is 28.4 Å². The molecule has 0 saturated carbocycles. The number of thiophene rings is 1. The van der Waals surface area contributed by atoms with E-state index in [9.17, 15) is 4.79 Å². The maximum atomic E-state index is 13.5. The molecule has 3 heterocycles. The van der Waals surface area contributed by atoms with Crippen LogP contribution in [0.25, 0.3) is 21.3 Å². The van der Waals surface area contributed by atoms with Gasteiger partial charge in [-0.05, 0) is 50.7 Å². The van der Waals surface area contributed by atoms with Gasteiger partial charge in [-0.1, -0.05) is 30.7 Å². The van der Waals surface area contributed by atoms with Crippen molar-refractivity contribution in [3.05, 3.63) is 50.8 Å². The van der Waals surface area contributed by atoms with E-state index in [0.29, 0.717) is 5.02 Å². The lowest BCUT2D eigenvalue weighted by molar-refractivity contribution is 0.216. The first kappa shape index (κ1) is 17.7. The van der Waals surface area contributed by atoms with Crippen molar-refractivity contribution in [1.82, 2.24) is 14.5 Å². The molecule has 136 valence electrons. The monoisotopic (exact) mass is 387 g/mol. The Hall–Kier alpha value is -1.69. The lowest BCUT2D eigenvalue weighted by Gasteiger charge is -2.31. The average molecular weight is 388 g/mol. The van der Waals surface area contributed by atoms with E-state index in [1.54, 1.807) is 11.3 Å². The molecule has 1 fully saturated rings. The zero-order valence-electron chi connectivity index (χ0n) is 15.0. The van der Waals surface area contributed by atoms with Crippen molar-refractivity contribution in [2.45, 2.75) is 32.2 Å². The number of benzene rings is 1. The normalized spacial score (nSPS) is 16.4. The third-order valence-electron chi connectivity index (χ3n) is 5.24. The maximum Gasteiger partial charge on any atom is 0.263 e. The topological polar surface area (TPSA) is 38.1 Å². The first-order valence-corrected chi connectivity index (χ1v) is 10.3. The van der Waals surface area contributed by atoms with Crippen LogP contribution >= 0.6 is 22.9 Å². The Morgan fingerprint density at radius 3 is 2.58 bits per heavy atom. The first-order valence-electron chi connectivity index (χ1n) is 9.05. The third-order valence-corrected chi connectivity index (χ3v) is 6.36. The Kier molecular flexibility index (Phi) is 4.86. The fourth-order valence-electron chi connectivity index (χ4n) is 3.77. The molecule has 0 bridgehead atoms. The zero-order chi connectivity index (χ0) is 18.3. The molecule has 0 radical (unpaired) electrons. The van der Waals surface area contributed by atoms with E-state index in [4.69, 9.17) is 16.6 Å². The second-order valence-electron chi connectivity index (χ2n) is 6.93. The number of fused-ring (bicyclic) bond motifs is 1. The van der Waals surface area contributed by atoms with Crippen molar-refractivity contribution < 1.29 is 0 Å². The standard InChI is InChI=1S/C20H22ClN3OS/c1-3-17-22-19-18(16(12-26-19)13-4-6-14(21)7-5-13)20(25)24(17)15-8-10-23(2)11-9-15/h4-7,12,15H,3,8-11H2,1-2H3. The number of nitrogens with zero attached hydrogens (tertiary/aromatic N) is 3. The molecule has 4 rings (SSSR count). The maximum absolute atomic E-state index is 13.5. The van der Waals surface area contributed by atoms with Crippen LogP contribution in [0, 0.1) is 0 Å². The van der Waals surface area contributed by atoms with Crippen molar-refractivity contribution in [1.29, 1.82) is 0 Å². The van der Waals surface area contributed by atoms with Gasteiger partial charge in [0.2, 0.25) is 0 Å². The van der Waals surface area contributed by atoms with Crippen molar-refractivity contribution in [2.75, 3.05) is 20.1 Å². The molecule has 2 aromatic heterocycles. The highest BCUT2D eigenvalue weighted by Crippen LogP contribution is 2.33. The number of hydrogen-bond acceptors (Lipinski definition) is 4. The van der Waals surface area contributed by atoms with E-state index < -0.39 is 0 Å². The summed E-state index contributed by atoms with van der Waals surface area (Å²) >= 11 is 7.57. The van der Waals surface area contributed by atoms with E-state index in [0.717, 1.165) is 59.5 Å². The minimum Gasteiger partial charge on any atom is -0.306 e. The van der Waals surface area contributed by atoms with Gasteiger partial charge in [-0.3, -0.25) is 9.36 Å². The molecule has 4 nitrogen and oxygen atoms in total. The van der Waals surface area contributed by atoms with E-state index in [1.165, 1.54) is 0 Å². The number of hydrogen-bond donors (Lipinski definition) is 0. The average Bonchev–Trinajstić information content (AvgIpc) is 3.07. The summed E-state index contributed by atoms with van der Waals surface area (Å²) in [6.07, 6.45) is 2.76. The van der Waals surface area contributed by atoms with E-state index in [2.05, 4.69) is 18.9 Å². The van der Waals surface area contributed by atoms with Gasteiger partial charge in [0.05, 0.1) is 5.39 Å². The number of likely N-dealkylation sites (tertiary alicyclic amines) is 1. The molecule has 1 aromatic carbocycles. The van der Waals surface area contributed by atoms with Gasteiger partial charge in [0.15, 0.2) is 0 Å². The van der Waals surface area contributed by atoms with E-state index in [-0.39, 0.29) is 11.6 Å². The molecule has 1 saturated heterocycles. The van der Waals surface area contributed by atoms with Crippen molar-refractivity contribution in [3.8, 4) is 11.1 Å². The number of piperidine rings is 1. The lowest BCUT2D eigenvalue weighted by Crippen LogP contribution is -2.37. The third kappa shape index (κ3) is 3.08. The number of rotatable bonds is 3. The predicted molar refractivity (Wildman–Crippen MR) is 109 cm³/mol. The van der Waals surface area contributed by atoms with Crippen LogP contribution in [0.1, 0.15) is 31.6 Å². The Labute approximate surface area is 162 Å². The van der Waals surface area contributed by atoms with Crippen molar-refractivity contribution in [3.63, 3.8) is 0 Å². The molecule has 0 spiro atoms. The van der Waals surface area contributed by atoms with Crippen LogP contribution in [0.5, 0.6) is 0 Å². The van der Waals surface area contributed by atoms with Crippen molar-refractivity contribution in [2.24, 2.45) is 0 Å². The molecule has 0 N–H and O–H groups in total. The smallest absolute Gasteiger partial charge is 0.263 e. The van der Waals surface area contributed by atoms with Crippen LogP contribution < -0.4 is 5.56 Å². The Balaban J connectivity index is 1.89. The van der Waals surface area contributed by atoms with Crippen LogP contribution in [-0.4, -0.2) is 34.6 Å². The highest BCUT2D eigenvalue weighted by molar-refractivity contribution is 7.17. The van der Waals surface area contributed by atoms with Gasteiger partial charge in [0.25, 0.3) is 5.56 Å². The fourth-order valence-corrected chi connectivity index (χ4v) is 4.85. The molecular formula is C20H22ClN3OS. The van der Waals surface area contributed by atoms with Crippen molar-refractivity contribution >= 4 is 33.2 Å². The predicted octanol–water partition coefficient (Wildman–Crippen LogP) is 4.61. The summed E-state index contributed by atoms with van der Waals surface area (Å²) < 4.78 is 1.97. The SMILES string of the molecule is CCc1nc2scc(-c3ccc(Cl)cc3)c2c(=O)n1C1CCN(C)CC1. The number of aryl methyl sites for hydroxylation is 1. The van der Waals surface area contributed by atoms with Crippen LogP contribution in [0.4, 0.5) is 0 Å². The molecule has 0 unspecified atom stereocenters. The first-order chi connectivity index (χ1) is 12.6. The largest absolute Gasteiger partial charge is 0.306 e. The van der Waals surface area contributed by atoms with Gasteiger partial charge in [-0.25, -0.2) is 4.98 Å². The van der Waals surface area contributed by atoms with Gasteiger partial charge in [-0.15, -0.1) is 11.3 Å². The highest BCUT2D eigenvalue weighted by atomic mass is 35.5. The quantitative estimate of drug-likeness (QED) is 0.658. The van der Waals surface area contributed by atoms with Crippen LogP contribution in [-0.2, 0) is 6.42 Å². The molecular weight excluding hydrogens is 366 g/mol. The summed E-state index contributed by atoms with van der Waals surface area (Å²) in [5, 5.41) is 3.48. The number of halogens is 1. The van der Waals surface area contributed by atoms with Gasteiger partial charge >= 0.3 is 0 Å². The van der Waals surface area contributed by atoms with Gasteiger partial charge in [-0.2, -0.15) is 0 Å². The minimum atomic E-state index is 0.104. The molecule has 0 atom stereocenters. The second-order valence-corrected chi connectivity index (χ2v) is 8.22. The molecule has 26 heavy (non-hydrogen) atoms. The summed E-state index contributed by atoms with van der Waals surface area (Å²) in [4.78, 5) is 21.5. The Morgan fingerprint density at radius 1 is 1.23 bits per heavy atom. The molecule has 6 heteroatoms. The van der Waals surface area contributed by atoms with Crippen LogP contribution in [0.3, 0.4) is 0 Å². The van der Waals surface area contributed by atoms with E-state index >= 15 is 0 Å². The molecule has 1 aliphatic heterocycles. The second kappa shape index (κ2) is 7.14. The fraction of sp³-hybridized carbons (Fsp3) is 0.400. The van der Waals surface area contributed by atoms with E-state index in [1.807, 2.05) is 34.2 Å². The van der Waals surface area contributed by atoms with Gasteiger partial charge < -0.3 is 4.90 Å². The molecule has 0 aliphatic carbocycles. The van der Waals surface area contributed by atoms with Gasteiger partial charge in [0.1, 0.15) is 10.7 Å². The summed E-state index contributed by atoms with van der Waals surface area (Å²) in [5.41, 5.74) is 2.08. The summed E-state index contributed by atoms with van der Waals surface area (Å²) in [7, 11) is 2.14. The molecule has 1 aliphatic rings. The number of aromatic nitrogens is 2. The Bertz CT molecular complexity index is 985. The summed E-state index contributed by atoms with van der Waals surface area (Å²) in [6, 6.07) is 7.91.